The largest absolute Gasteiger partial charge is 0.507 e. The van der Waals surface area contributed by atoms with Crippen LogP contribution in [0.2, 0.25) is 5.02 Å². The Balaban J connectivity index is 0.000000245. The Morgan fingerprint density at radius 1 is 1.21 bits per heavy atom. The maximum absolute atomic E-state index is 11.9. The van der Waals surface area contributed by atoms with Gasteiger partial charge in [-0.1, -0.05) is 29.3 Å². The van der Waals surface area contributed by atoms with Crippen LogP contribution in [0.25, 0.3) is 11.0 Å². The summed E-state index contributed by atoms with van der Waals surface area (Å²) in [5, 5.41) is 23.4. The molecule has 1 heterocycles. The van der Waals surface area contributed by atoms with Crippen molar-refractivity contribution in [3.05, 3.63) is 74.6 Å². The average molecular weight is 474 g/mol. The summed E-state index contributed by atoms with van der Waals surface area (Å²) >= 11 is 5.74. The van der Waals surface area contributed by atoms with Gasteiger partial charge in [-0.15, -0.1) is 0 Å². The van der Waals surface area contributed by atoms with Crippen LogP contribution in [0, 0.1) is 6.92 Å². The minimum atomic E-state index is -0.470. The molecule has 0 aliphatic heterocycles. The van der Waals surface area contributed by atoms with Gasteiger partial charge >= 0.3 is 6.09 Å². The maximum Gasteiger partial charge on any atom is 0.411 e. The van der Waals surface area contributed by atoms with Crippen molar-refractivity contribution in [3.63, 3.8) is 0 Å². The molecule has 0 saturated heterocycles. The van der Waals surface area contributed by atoms with E-state index in [0.29, 0.717) is 28.5 Å². The molecule has 0 atom stereocenters. The second-order valence-electron chi connectivity index (χ2n) is 7.89. The Morgan fingerprint density at radius 3 is 2.52 bits per heavy atom. The lowest BCUT2D eigenvalue weighted by molar-refractivity contribution is 0.130. The van der Waals surface area contributed by atoms with Crippen molar-refractivity contribution in [1.29, 1.82) is 0 Å². The van der Waals surface area contributed by atoms with Crippen molar-refractivity contribution in [2.75, 3.05) is 5.32 Å². The molecule has 0 radical (unpaired) electrons. The highest BCUT2D eigenvalue weighted by atomic mass is 35.5. The summed E-state index contributed by atoms with van der Waals surface area (Å²) in [5.74, 6) is 0.158. The smallest absolute Gasteiger partial charge is 0.411 e. The number of benzene rings is 2. The van der Waals surface area contributed by atoms with Gasteiger partial charge in [0.05, 0.1) is 6.10 Å². The summed E-state index contributed by atoms with van der Waals surface area (Å²) < 4.78 is 10.3. The van der Waals surface area contributed by atoms with E-state index in [4.69, 9.17) is 20.8 Å². The molecule has 0 saturated carbocycles. The zero-order valence-electron chi connectivity index (χ0n) is 19.2. The van der Waals surface area contributed by atoms with E-state index in [1.807, 2.05) is 19.9 Å². The number of ether oxygens (including phenoxy) is 1. The summed E-state index contributed by atoms with van der Waals surface area (Å²) in [6.07, 6.45) is 1.64. The molecule has 3 N–H and O–H groups in total. The van der Waals surface area contributed by atoms with Gasteiger partial charge in [-0.05, 0) is 59.2 Å². The van der Waals surface area contributed by atoms with Crippen LogP contribution < -0.4 is 10.7 Å². The topological polar surface area (TPSA) is 109 Å². The lowest BCUT2D eigenvalue weighted by atomic mass is 10.0. The van der Waals surface area contributed by atoms with Gasteiger partial charge < -0.3 is 19.4 Å². The number of carbonyl (C=O) groups excluding carboxylic acids is 1. The number of carbonyl (C=O) groups is 1. The number of phenols is 2. The van der Waals surface area contributed by atoms with Crippen molar-refractivity contribution >= 4 is 34.4 Å². The van der Waals surface area contributed by atoms with E-state index in [-0.39, 0.29) is 34.0 Å². The molecule has 33 heavy (non-hydrogen) atoms. The molecule has 0 fully saturated rings. The van der Waals surface area contributed by atoms with Crippen LogP contribution in [-0.2, 0) is 11.2 Å². The van der Waals surface area contributed by atoms with Crippen LogP contribution in [0.5, 0.6) is 11.5 Å². The first-order valence-corrected chi connectivity index (χ1v) is 10.7. The number of hydrogen-bond acceptors (Lipinski definition) is 6. The number of nitrogens with one attached hydrogen (secondary N) is 1. The first-order valence-electron chi connectivity index (χ1n) is 10.3. The first-order chi connectivity index (χ1) is 15.5. The Labute approximate surface area is 197 Å². The summed E-state index contributed by atoms with van der Waals surface area (Å²) in [6.45, 7) is 9.07. The lowest BCUT2D eigenvalue weighted by Crippen LogP contribution is -2.17. The summed E-state index contributed by atoms with van der Waals surface area (Å²) in [4.78, 5) is 23.1. The SMILES string of the molecule is CC(C)=CCc1c(O)cc2oc(C)cc(=O)c2c1O.CC(C)OC(=O)Nc1cccc(Cl)c1. The molecule has 0 aliphatic rings. The van der Waals surface area contributed by atoms with E-state index in [9.17, 15) is 19.8 Å². The average Bonchev–Trinajstić information content (AvgIpc) is 2.66. The number of phenolic OH excluding ortho intramolecular Hbond substituents is 2. The van der Waals surface area contributed by atoms with Gasteiger partial charge in [0.25, 0.3) is 0 Å². The quantitative estimate of drug-likeness (QED) is 0.382. The Bertz CT molecular complexity index is 1230. The number of anilines is 1. The molecule has 8 heteroatoms. The van der Waals surface area contributed by atoms with Crippen molar-refractivity contribution in [2.45, 2.75) is 47.1 Å². The number of aryl methyl sites for hydroxylation is 1. The third-order valence-electron chi connectivity index (χ3n) is 4.33. The molecule has 0 bridgehead atoms. The number of halogens is 1. The number of allylic oxidation sites excluding steroid dienone is 2. The van der Waals surface area contributed by atoms with Crippen molar-refractivity contribution in [1.82, 2.24) is 0 Å². The highest BCUT2D eigenvalue weighted by molar-refractivity contribution is 6.30. The van der Waals surface area contributed by atoms with E-state index in [1.165, 1.54) is 12.1 Å². The molecule has 0 spiro atoms. The number of amides is 1. The van der Waals surface area contributed by atoms with E-state index < -0.39 is 6.09 Å². The Morgan fingerprint density at radius 2 is 1.91 bits per heavy atom. The van der Waals surface area contributed by atoms with E-state index in [1.54, 1.807) is 45.0 Å². The van der Waals surface area contributed by atoms with Gasteiger partial charge in [-0.25, -0.2) is 4.79 Å². The third kappa shape index (κ3) is 7.57. The van der Waals surface area contributed by atoms with Gasteiger partial charge in [0, 0.05) is 28.4 Å². The minimum Gasteiger partial charge on any atom is -0.507 e. The lowest BCUT2D eigenvalue weighted by Gasteiger charge is -2.09. The second kappa shape index (κ2) is 11.4. The fraction of sp³-hybridized carbons (Fsp3) is 0.280. The molecule has 0 aliphatic carbocycles. The van der Waals surface area contributed by atoms with Crippen LogP contribution in [0.3, 0.4) is 0 Å². The number of hydrogen-bond donors (Lipinski definition) is 3. The molecular formula is C25H28ClNO6. The fourth-order valence-electron chi connectivity index (χ4n) is 2.89. The van der Waals surface area contributed by atoms with E-state index in [2.05, 4.69) is 5.32 Å². The van der Waals surface area contributed by atoms with Gasteiger partial charge in [-0.2, -0.15) is 0 Å². The second-order valence-corrected chi connectivity index (χ2v) is 8.33. The highest BCUT2D eigenvalue weighted by Gasteiger charge is 2.16. The highest BCUT2D eigenvalue weighted by Crippen LogP contribution is 2.34. The fourth-order valence-corrected chi connectivity index (χ4v) is 3.08. The van der Waals surface area contributed by atoms with Gasteiger partial charge in [0.15, 0.2) is 5.43 Å². The van der Waals surface area contributed by atoms with Gasteiger partial charge in [0.1, 0.15) is 28.2 Å². The molecular weight excluding hydrogens is 446 g/mol. The number of fused-ring (bicyclic) bond motifs is 1. The minimum absolute atomic E-state index is 0.0729. The number of aromatic hydroxyl groups is 2. The predicted molar refractivity (Wildman–Crippen MR) is 130 cm³/mol. The number of rotatable bonds is 4. The predicted octanol–water partition coefficient (Wildman–Crippen LogP) is 6.32. The summed E-state index contributed by atoms with van der Waals surface area (Å²) in [7, 11) is 0. The van der Waals surface area contributed by atoms with Crippen molar-refractivity contribution in [3.8, 4) is 11.5 Å². The Hall–Kier alpha value is -3.45. The molecule has 3 rings (SSSR count). The molecule has 1 aromatic heterocycles. The van der Waals surface area contributed by atoms with Gasteiger partial charge in [0.2, 0.25) is 0 Å². The van der Waals surface area contributed by atoms with Crippen LogP contribution in [0.15, 0.2) is 57.3 Å². The van der Waals surface area contributed by atoms with Crippen LogP contribution in [0.1, 0.15) is 39.0 Å². The maximum atomic E-state index is 11.9. The zero-order valence-corrected chi connectivity index (χ0v) is 20.0. The molecule has 0 unspecified atom stereocenters. The standard InChI is InChI=1S/C15H16O4.C10H12ClNO2/c1-8(2)4-5-10-11(16)7-13-14(15(10)18)12(17)6-9(3)19-13;1-7(2)14-10(13)12-9-5-3-4-8(11)6-9/h4,6-7,16,18H,5H2,1-3H3;3-7H,1-2H3,(H,12,13). The third-order valence-corrected chi connectivity index (χ3v) is 4.56. The van der Waals surface area contributed by atoms with Crippen LogP contribution in [0.4, 0.5) is 10.5 Å². The van der Waals surface area contributed by atoms with E-state index in [0.717, 1.165) is 5.57 Å². The van der Waals surface area contributed by atoms with Gasteiger partial charge in [-0.3, -0.25) is 10.1 Å². The molecule has 7 nitrogen and oxygen atoms in total. The molecule has 1 amide bonds. The monoisotopic (exact) mass is 473 g/mol. The molecule has 3 aromatic rings. The first kappa shape index (κ1) is 25.8. The van der Waals surface area contributed by atoms with E-state index >= 15 is 0 Å². The van der Waals surface area contributed by atoms with Crippen molar-refractivity contribution in [2.24, 2.45) is 0 Å². The summed E-state index contributed by atoms with van der Waals surface area (Å²) in [5.41, 5.74) is 1.92. The van der Waals surface area contributed by atoms with Crippen LogP contribution >= 0.6 is 11.6 Å². The van der Waals surface area contributed by atoms with Crippen molar-refractivity contribution < 1.29 is 24.2 Å². The van der Waals surface area contributed by atoms with Crippen LogP contribution in [-0.4, -0.2) is 22.4 Å². The molecule has 176 valence electrons. The zero-order chi connectivity index (χ0) is 24.7. The normalized spacial score (nSPS) is 10.4. The Kier molecular flexibility index (Phi) is 8.94. The summed E-state index contributed by atoms with van der Waals surface area (Å²) in [6, 6.07) is 9.59. The molecule has 2 aromatic carbocycles.